The van der Waals surface area contributed by atoms with Crippen LogP contribution in [0.4, 0.5) is 5.82 Å². The number of hydrogen-bond donors (Lipinski definition) is 1. The van der Waals surface area contributed by atoms with Gasteiger partial charge in [0.2, 0.25) is 6.54 Å². The molecule has 0 amide bonds. The highest BCUT2D eigenvalue weighted by atomic mass is 16.6. The minimum absolute atomic E-state index is 0.0504. The number of anilines is 1. The maximum Gasteiger partial charge on any atom is 0.332 e. The second-order valence-electron chi connectivity index (χ2n) is 5.48. The first-order chi connectivity index (χ1) is 10.7. The van der Waals surface area contributed by atoms with Gasteiger partial charge in [-0.15, -0.1) is 0 Å². The third-order valence-electron chi connectivity index (χ3n) is 3.91. The van der Waals surface area contributed by atoms with Gasteiger partial charge in [0.25, 0.3) is 5.56 Å². The summed E-state index contributed by atoms with van der Waals surface area (Å²) in [4.78, 5) is 35.0. The standard InChI is InChI=1S/C15H18N4O4/c1-9-4-6-10(7-5-9)11(8-19(22)23)12-13(16)17(2)15(21)18(3)14(12)20/h4-7,11H,8,16H2,1-3H3/t11-/m0/s1. The molecule has 0 spiro atoms. The molecule has 0 saturated heterocycles. The first-order valence-electron chi connectivity index (χ1n) is 6.97. The SMILES string of the molecule is Cc1ccc([C@H](C[N+](=O)[O-])c2c(N)n(C)c(=O)n(C)c2=O)cc1. The van der Waals surface area contributed by atoms with E-state index in [-0.39, 0.29) is 11.4 Å². The number of nitrogens with zero attached hydrogens (tertiary/aromatic N) is 3. The van der Waals surface area contributed by atoms with Crippen molar-refractivity contribution in [2.24, 2.45) is 14.1 Å². The molecule has 2 N–H and O–H groups in total. The lowest BCUT2D eigenvalue weighted by atomic mass is 9.91. The molecule has 1 aromatic heterocycles. The summed E-state index contributed by atoms with van der Waals surface area (Å²) in [5.41, 5.74) is 6.41. The van der Waals surface area contributed by atoms with Crippen LogP contribution in [0.2, 0.25) is 0 Å². The molecule has 8 heteroatoms. The van der Waals surface area contributed by atoms with Crippen LogP contribution in [0.15, 0.2) is 33.9 Å². The summed E-state index contributed by atoms with van der Waals surface area (Å²) < 4.78 is 2.03. The lowest BCUT2D eigenvalue weighted by Gasteiger charge is -2.18. The zero-order chi connectivity index (χ0) is 17.3. The van der Waals surface area contributed by atoms with Gasteiger partial charge in [0.1, 0.15) is 5.82 Å². The molecule has 0 aliphatic rings. The first-order valence-corrected chi connectivity index (χ1v) is 6.97. The summed E-state index contributed by atoms with van der Waals surface area (Å²) in [5.74, 6) is -0.873. The Morgan fingerprint density at radius 1 is 1.17 bits per heavy atom. The average molecular weight is 318 g/mol. The molecule has 0 bridgehead atoms. The Bertz CT molecular complexity index is 865. The predicted molar refractivity (Wildman–Crippen MR) is 86.2 cm³/mol. The van der Waals surface area contributed by atoms with Gasteiger partial charge in [-0.05, 0) is 12.5 Å². The summed E-state index contributed by atoms with van der Waals surface area (Å²) in [6, 6.07) is 7.08. The number of hydrogen-bond acceptors (Lipinski definition) is 5. The van der Waals surface area contributed by atoms with Crippen molar-refractivity contribution in [2.75, 3.05) is 12.3 Å². The van der Waals surface area contributed by atoms with Crippen LogP contribution < -0.4 is 17.0 Å². The molecule has 2 rings (SSSR count). The Morgan fingerprint density at radius 3 is 2.26 bits per heavy atom. The van der Waals surface area contributed by atoms with Crippen LogP contribution in [0.5, 0.6) is 0 Å². The second kappa shape index (κ2) is 6.07. The lowest BCUT2D eigenvalue weighted by molar-refractivity contribution is -0.481. The molecule has 0 aliphatic heterocycles. The van der Waals surface area contributed by atoms with Gasteiger partial charge in [-0.1, -0.05) is 29.8 Å². The predicted octanol–water partition coefficient (Wildman–Crippen LogP) is 0.383. The topological polar surface area (TPSA) is 113 Å². The molecular formula is C15H18N4O4. The van der Waals surface area contributed by atoms with E-state index < -0.39 is 28.6 Å². The Hall–Kier alpha value is -2.90. The number of nitrogen functional groups attached to an aromatic ring is 1. The molecule has 1 aromatic carbocycles. The number of rotatable bonds is 4. The van der Waals surface area contributed by atoms with E-state index in [1.54, 1.807) is 12.1 Å². The highest BCUT2D eigenvalue weighted by Crippen LogP contribution is 2.26. The molecule has 1 heterocycles. The highest BCUT2D eigenvalue weighted by molar-refractivity contribution is 5.46. The normalized spacial score (nSPS) is 12.1. The van der Waals surface area contributed by atoms with Gasteiger partial charge in [0, 0.05) is 19.0 Å². The fraction of sp³-hybridized carbons (Fsp3) is 0.333. The fourth-order valence-electron chi connectivity index (χ4n) is 2.52. The maximum atomic E-state index is 12.5. The molecule has 23 heavy (non-hydrogen) atoms. The van der Waals surface area contributed by atoms with Gasteiger partial charge in [-0.25, -0.2) is 4.79 Å². The van der Waals surface area contributed by atoms with E-state index in [0.29, 0.717) is 5.56 Å². The summed E-state index contributed by atoms with van der Waals surface area (Å²) in [7, 11) is 2.75. The van der Waals surface area contributed by atoms with Crippen molar-refractivity contribution in [2.45, 2.75) is 12.8 Å². The summed E-state index contributed by atoms with van der Waals surface area (Å²) in [5, 5.41) is 11.1. The zero-order valence-electron chi connectivity index (χ0n) is 13.1. The molecular weight excluding hydrogens is 300 g/mol. The van der Waals surface area contributed by atoms with Crippen molar-refractivity contribution in [1.29, 1.82) is 0 Å². The van der Waals surface area contributed by atoms with Crippen molar-refractivity contribution in [3.63, 3.8) is 0 Å². The van der Waals surface area contributed by atoms with E-state index in [0.717, 1.165) is 14.7 Å². The summed E-state index contributed by atoms with van der Waals surface area (Å²) in [6.45, 7) is 1.41. The molecule has 0 radical (unpaired) electrons. The van der Waals surface area contributed by atoms with Crippen molar-refractivity contribution in [1.82, 2.24) is 9.13 Å². The number of benzene rings is 1. The third-order valence-corrected chi connectivity index (χ3v) is 3.91. The molecule has 8 nitrogen and oxygen atoms in total. The third kappa shape index (κ3) is 3.01. The van der Waals surface area contributed by atoms with E-state index in [1.807, 2.05) is 19.1 Å². The van der Waals surface area contributed by atoms with Crippen LogP contribution in [-0.4, -0.2) is 20.6 Å². The lowest BCUT2D eigenvalue weighted by Crippen LogP contribution is -2.42. The van der Waals surface area contributed by atoms with Crippen LogP contribution in [0.3, 0.4) is 0 Å². The van der Waals surface area contributed by atoms with Crippen molar-refractivity contribution < 1.29 is 4.92 Å². The second-order valence-corrected chi connectivity index (χ2v) is 5.48. The van der Waals surface area contributed by atoms with E-state index in [2.05, 4.69) is 0 Å². The molecule has 1 atom stereocenters. The molecule has 2 aromatic rings. The average Bonchev–Trinajstić information content (AvgIpc) is 2.51. The van der Waals surface area contributed by atoms with Crippen molar-refractivity contribution in [3.8, 4) is 0 Å². The van der Waals surface area contributed by atoms with Gasteiger partial charge >= 0.3 is 5.69 Å². The minimum Gasteiger partial charge on any atom is -0.385 e. The van der Waals surface area contributed by atoms with Crippen LogP contribution in [0.1, 0.15) is 22.6 Å². The molecule has 0 aliphatic carbocycles. The van der Waals surface area contributed by atoms with Crippen molar-refractivity contribution >= 4 is 5.82 Å². The van der Waals surface area contributed by atoms with Crippen LogP contribution >= 0.6 is 0 Å². The van der Waals surface area contributed by atoms with Gasteiger partial charge in [-0.2, -0.15) is 0 Å². The molecule has 0 saturated carbocycles. The number of nitrogens with two attached hydrogens (primary N) is 1. The van der Waals surface area contributed by atoms with Gasteiger partial charge < -0.3 is 5.73 Å². The zero-order valence-corrected chi connectivity index (χ0v) is 13.1. The minimum atomic E-state index is -0.823. The Balaban J connectivity index is 2.75. The quantitative estimate of drug-likeness (QED) is 0.647. The van der Waals surface area contributed by atoms with Crippen LogP contribution in [0, 0.1) is 17.0 Å². The Labute approximate surface area is 131 Å². The maximum absolute atomic E-state index is 12.5. The smallest absolute Gasteiger partial charge is 0.332 e. The molecule has 0 fully saturated rings. The Kier molecular flexibility index (Phi) is 4.35. The van der Waals surface area contributed by atoms with E-state index in [4.69, 9.17) is 5.73 Å². The van der Waals surface area contributed by atoms with Gasteiger partial charge in [0.05, 0.1) is 11.5 Å². The highest BCUT2D eigenvalue weighted by Gasteiger charge is 2.28. The fourth-order valence-corrected chi connectivity index (χ4v) is 2.52. The number of nitro groups is 1. The Morgan fingerprint density at radius 2 is 1.74 bits per heavy atom. The van der Waals surface area contributed by atoms with Gasteiger partial charge in [0.15, 0.2) is 0 Å². The monoisotopic (exact) mass is 318 g/mol. The molecule has 122 valence electrons. The van der Waals surface area contributed by atoms with Crippen molar-refractivity contribution in [3.05, 3.63) is 71.9 Å². The largest absolute Gasteiger partial charge is 0.385 e. The number of aryl methyl sites for hydroxylation is 1. The molecule has 0 unspecified atom stereocenters. The number of aromatic nitrogens is 2. The van der Waals surface area contributed by atoms with Crippen LogP contribution in [-0.2, 0) is 14.1 Å². The van der Waals surface area contributed by atoms with Gasteiger partial charge in [-0.3, -0.25) is 24.0 Å². The van der Waals surface area contributed by atoms with E-state index in [9.17, 15) is 19.7 Å². The first kappa shape index (κ1) is 16.5. The summed E-state index contributed by atoms with van der Waals surface area (Å²) >= 11 is 0. The van der Waals surface area contributed by atoms with E-state index >= 15 is 0 Å². The van der Waals surface area contributed by atoms with E-state index in [1.165, 1.54) is 14.1 Å². The summed E-state index contributed by atoms with van der Waals surface area (Å²) in [6.07, 6.45) is 0. The van der Waals surface area contributed by atoms with Crippen LogP contribution in [0.25, 0.3) is 0 Å².